The summed E-state index contributed by atoms with van der Waals surface area (Å²) >= 11 is 0. The fourth-order valence-corrected chi connectivity index (χ4v) is 7.42. The fourth-order valence-electron chi connectivity index (χ4n) is 5.22. The first kappa shape index (κ1) is 34.5. The van der Waals surface area contributed by atoms with Gasteiger partial charge in [-0.3, -0.25) is 18.4 Å². The lowest BCUT2D eigenvalue weighted by molar-refractivity contribution is 0.407. The van der Waals surface area contributed by atoms with E-state index >= 15 is 0 Å². The summed E-state index contributed by atoms with van der Waals surface area (Å²) < 4.78 is 46.5. The van der Waals surface area contributed by atoms with Crippen LogP contribution in [0.5, 0.6) is 23.0 Å². The number of pyridine rings is 2. The molecule has 0 fully saturated rings. The van der Waals surface area contributed by atoms with E-state index in [-0.39, 0.29) is 14.4 Å². The molecule has 4 aromatic heterocycles. The second-order valence-corrected chi connectivity index (χ2v) is 13.7. The van der Waals surface area contributed by atoms with E-state index in [0.29, 0.717) is 10.3 Å². The largest absolute Gasteiger partial charge is 0.497 e. The highest BCUT2D eigenvalue weighted by atomic mass is 32.2. The third-order valence-corrected chi connectivity index (χ3v) is 10.1. The van der Waals surface area contributed by atoms with Crippen LogP contribution in [0.1, 0.15) is 36.5 Å². The normalized spacial score (nSPS) is 12.3. The number of fused-ring (bicyclic) bond motifs is 2. The van der Waals surface area contributed by atoms with E-state index in [0.717, 1.165) is 78.7 Å². The molecule has 0 aliphatic heterocycles. The fraction of sp³-hybridized carbons (Fsp3) is 0.294. The Labute approximate surface area is 286 Å². The highest BCUT2D eigenvalue weighted by Crippen LogP contribution is 2.28. The molecule has 4 heterocycles. The molecule has 0 aliphatic carbocycles. The van der Waals surface area contributed by atoms with Crippen LogP contribution in [0.2, 0.25) is 0 Å². The van der Waals surface area contributed by atoms with Crippen LogP contribution < -0.4 is 18.9 Å². The van der Waals surface area contributed by atoms with Gasteiger partial charge >= 0.3 is 0 Å². The molecule has 0 radical (unpaired) electrons. The van der Waals surface area contributed by atoms with Crippen LogP contribution >= 0.6 is 0 Å². The Morgan fingerprint density at radius 1 is 0.625 bits per heavy atom. The zero-order valence-electron chi connectivity index (χ0n) is 28.1. The molecule has 0 saturated carbocycles. The summed E-state index contributed by atoms with van der Waals surface area (Å²) in [5, 5.41) is 0.859. The number of nitrogens with zero attached hydrogens (tertiary/aromatic N) is 4. The number of aromatic amines is 2. The van der Waals surface area contributed by atoms with Gasteiger partial charge in [0.05, 0.1) is 95.0 Å². The van der Waals surface area contributed by atoms with Gasteiger partial charge in [-0.1, -0.05) is 0 Å². The van der Waals surface area contributed by atoms with Crippen molar-refractivity contribution < 1.29 is 30.2 Å². The molecule has 6 rings (SSSR count). The summed E-state index contributed by atoms with van der Waals surface area (Å²) in [6.07, 6.45) is 3.48. The van der Waals surface area contributed by atoms with Gasteiger partial charge in [-0.2, -0.15) is 0 Å². The molecule has 0 amide bonds. The van der Waals surface area contributed by atoms with Crippen molar-refractivity contribution in [3.63, 3.8) is 0 Å². The van der Waals surface area contributed by atoms with E-state index in [9.17, 15) is 8.42 Å². The van der Waals surface area contributed by atoms with Crippen LogP contribution in [0.15, 0.2) is 59.1 Å². The molecule has 6 aromatic rings. The molecular formula is C34H42N6O6S2. The number of hydrogen-bond donors (Lipinski definition) is 2. The van der Waals surface area contributed by atoms with Crippen LogP contribution in [0.4, 0.5) is 0 Å². The van der Waals surface area contributed by atoms with Crippen molar-refractivity contribution in [2.45, 2.75) is 49.5 Å². The van der Waals surface area contributed by atoms with Crippen molar-refractivity contribution in [2.75, 3.05) is 28.4 Å². The topological polar surface area (TPSA) is 154 Å². The number of rotatable bonds is 10. The molecule has 0 bridgehead atoms. The van der Waals surface area contributed by atoms with E-state index in [4.69, 9.17) is 18.9 Å². The van der Waals surface area contributed by atoms with Gasteiger partial charge in [-0.15, -0.1) is 0 Å². The number of aromatic nitrogens is 6. The standard InChI is InChI=1S/2C17H19N3O3S.2H2/c2*1-10-8-18-15(11(2)16(10)23-4)9-24(21)17-19-13-6-5-12(22-3)7-14(13)20-17;;/h2*5-8H,9H2,1-4H3,(H,19,20);2*1H. The quantitative estimate of drug-likeness (QED) is 0.167. The average molecular weight is 695 g/mol. The smallest absolute Gasteiger partial charge is 0.197 e. The number of H-pyrrole nitrogens is 2. The van der Waals surface area contributed by atoms with Gasteiger partial charge in [0.15, 0.2) is 10.3 Å². The lowest BCUT2D eigenvalue weighted by Crippen LogP contribution is -2.05. The Hall–Kier alpha value is -4.82. The van der Waals surface area contributed by atoms with Crippen molar-refractivity contribution in [3.05, 3.63) is 82.4 Å². The highest BCUT2D eigenvalue weighted by Gasteiger charge is 2.18. The van der Waals surface area contributed by atoms with Crippen molar-refractivity contribution in [1.29, 1.82) is 0 Å². The zero-order chi connectivity index (χ0) is 34.5. The SMILES string of the molecule is COc1ccc2nc(S(=O)Cc3ncc(C)c(OC)c3C)[nH]c2c1.COc1ccc2nc(S(=O)Cc3ncc(C)c(OC)c3C)[nH]c2c1.[HH].[HH]. The van der Waals surface area contributed by atoms with Crippen LogP contribution in [-0.4, -0.2) is 66.8 Å². The second kappa shape index (κ2) is 14.9. The van der Waals surface area contributed by atoms with E-state index < -0.39 is 21.6 Å². The van der Waals surface area contributed by atoms with Crippen molar-refractivity contribution in [3.8, 4) is 23.0 Å². The predicted molar refractivity (Wildman–Crippen MR) is 190 cm³/mol. The van der Waals surface area contributed by atoms with E-state index in [2.05, 4.69) is 29.9 Å². The zero-order valence-corrected chi connectivity index (χ0v) is 29.7. The molecular weight excluding hydrogens is 653 g/mol. The molecule has 0 aliphatic rings. The first-order valence-electron chi connectivity index (χ1n) is 14.9. The number of aryl methyl sites for hydroxylation is 2. The summed E-state index contributed by atoms with van der Waals surface area (Å²) in [6, 6.07) is 11.0. The van der Waals surface area contributed by atoms with Crippen LogP contribution in [0, 0.1) is 27.7 Å². The monoisotopic (exact) mass is 694 g/mol. The summed E-state index contributed by atoms with van der Waals surface area (Å²) in [6.45, 7) is 7.72. The highest BCUT2D eigenvalue weighted by molar-refractivity contribution is 7.84. The first-order valence-corrected chi connectivity index (χ1v) is 17.5. The molecule has 14 heteroatoms. The average Bonchev–Trinajstić information content (AvgIpc) is 3.72. The summed E-state index contributed by atoms with van der Waals surface area (Å²) in [7, 11) is 3.81. The third-order valence-electron chi connectivity index (χ3n) is 7.80. The Morgan fingerprint density at radius 3 is 1.38 bits per heavy atom. The van der Waals surface area contributed by atoms with Crippen molar-refractivity contribution in [2.24, 2.45) is 0 Å². The first-order chi connectivity index (χ1) is 23.1. The predicted octanol–water partition coefficient (Wildman–Crippen LogP) is 6.29. The minimum absolute atomic E-state index is 0. The van der Waals surface area contributed by atoms with Gasteiger partial charge < -0.3 is 28.9 Å². The molecule has 48 heavy (non-hydrogen) atoms. The Kier molecular flexibility index (Phi) is 10.7. The number of imidazole rings is 2. The van der Waals surface area contributed by atoms with Gasteiger partial charge in [0.1, 0.15) is 23.0 Å². The molecule has 2 aromatic carbocycles. The van der Waals surface area contributed by atoms with Crippen LogP contribution in [0.25, 0.3) is 22.1 Å². The summed E-state index contributed by atoms with van der Waals surface area (Å²) in [5.74, 6) is 3.57. The Morgan fingerprint density at radius 2 is 1.02 bits per heavy atom. The van der Waals surface area contributed by atoms with E-state index in [1.165, 1.54) is 0 Å². The Balaban J connectivity index is 0.000000260. The summed E-state index contributed by atoms with van der Waals surface area (Å²) in [5.41, 5.74) is 8.32. The van der Waals surface area contributed by atoms with Gasteiger partial charge in [0, 0.05) is 49.6 Å². The van der Waals surface area contributed by atoms with E-state index in [1.807, 2.05) is 64.1 Å². The van der Waals surface area contributed by atoms with Gasteiger partial charge in [0.2, 0.25) is 0 Å². The minimum atomic E-state index is -1.33. The van der Waals surface area contributed by atoms with Crippen LogP contribution in [0.3, 0.4) is 0 Å². The number of ether oxygens (including phenoxy) is 4. The van der Waals surface area contributed by atoms with Crippen LogP contribution in [-0.2, 0) is 33.1 Å². The number of benzene rings is 2. The lowest BCUT2D eigenvalue weighted by atomic mass is 10.1. The molecule has 0 saturated heterocycles. The Bertz CT molecular complexity index is 2010. The number of nitrogens with one attached hydrogen (secondary N) is 2. The summed E-state index contributed by atoms with van der Waals surface area (Å²) in [4.78, 5) is 23.8. The van der Waals surface area contributed by atoms with Gasteiger partial charge in [-0.25, -0.2) is 9.97 Å². The number of methoxy groups -OCH3 is 4. The maximum Gasteiger partial charge on any atom is 0.197 e. The second-order valence-electron chi connectivity index (χ2n) is 10.9. The molecule has 12 nitrogen and oxygen atoms in total. The molecule has 2 atom stereocenters. The minimum Gasteiger partial charge on any atom is -0.497 e. The van der Waals surface area contributed by atoms with Gasteiger partial charge in [0.25, 0.3) is 0 Å². The number of hydrogen-bond acceptors (Lipinski definition) is 10. The molecule has 256 valence electrons. The third kappa shape index (κ3) is 7.34. The molecule has 2 N–H and O–H groups in total. The van der Waals surface area contributed by atoms with Gasteiger partial charge in [-0.05, 0) is 52.0 Å². The van der Waals surface area contributed by atoms with Crippen molar-refractivity contribution >= 4 is 43.7 Å². The maximum absolute atomic E-state index is 12.7. The van der Waals surface area contributed by atoms with Crippen molar-refractivity contribution in [1.82, 2.24) is 29.9 Å². The molecule has 0 spiro atoms. The van der Waals surface area contributed by atoms with E-state index in [1.54, 1.807) is 40.8 Å². The molecule has 2 unspecified atom stereocenters. The maximum atomic E-state index is 12.7. The lowest BCUT2D eigenvalue weighted by Gasteiger charge is -2.11.